The molecule has 4 aliphatic rings. The average molecular weight is 496 g/mol. The Morgan fingerprint density at radius 3 is 1.58 bits per heavy atom. The maximum absolute atomic E-state index is 9.40. The maximum atomic E-state index is 9.40. The van der Waals surface area contributed by atoms with Gasteiger partial charge in [-0.05, 0) is 56.3 Å². The third-order valence-electron chi connectivity index (χ3n) is 5.33. The molecule has 4 aliphatic heterocycles. The zero-order valence-corrected chi connectivity index (χ0v) is 21.4. The van der Waals surface area contributed by atoms with Crippen LogP contribution in [-0.4, -0.2) is 50.4 Å². The summed E-state index contributed by atoms with van der Waals surface area (Å²) in [5.41, 5.74) is 0. The van der Waals surface area contributed by atoms with E-state index in [2.05, 4.69) is 46.1 Å². The van der Waals surface area contributed by atoms with Crippen molar-refractivity contribution in [1.82, 2.24) is 0 Å². The van der Waals surface area contributed by atoms with Gasteiger partial charge in [0.2, 0.25) is 0 Å². The SMILES string of the molecule is CI.COC1CC2CCCC(C1)S2.OC1CC2CCCC(C1)S2.[H-].[Na+]. The summed E-state index contributed by atoms with van der Waals surface area (Å²) >= 11 is 6.48. The Kier molecular flexibility index (Phi) is 13.7. The molecule has 0 aliphatic carbocycles. The first-order valence-electron chi connectivity index (χ1n) is 9.12. The molecule has 4 unspecified atom stereocenters. The number of thioether (sulfide) groups is 2. The van der Waals surface area contributed by atoms with Crippen molar-refractivity contribution in [3.63, 3.8) is 0 Å². The Balaban J connectivity index is 0.000000392. The minimum absolute atomic E-state index is 0. The largest absolute Gasteiger partial charge is 1.00 e. The van der Waals surface area contributed by atoms with Crippen LogP contribution in [-0.2, 0) is 4.74 Å². The van der Waals surface area contributed by atoms with Crippen molar-refractivity contribution in [2.45, 2.75) is 97.4 Å². The minimum Gasteiger partial charge on any atom is -1.00 e. The van der Waals surface area contributed by atoms with Crippen LogP contribution in [0.15, 0.2) is 0 Å². The number of hydrogen-bond donors (Lipinski definition) is 1. The molecule has 4 atom stereocenters. The van der Waals surface area contributed by atoms with Gasteiger partial charge in [-0.2, -0.15) is 23.5 Å². The van der Waals surface area contributed by atoms with E-state index in [1.54, 1.807) is 0 Å². The minimum atomic E-state index is 0. The molecule has 0 saturated carbocycles. The van der Waals surface area contributed by atoms with Gasteiger partial charge in [0.15, 0.2) is 0 Å². The second-order valence-corrected chi connectivity index (χ2v) is 10.3. The van der Waals surface area contributed by atoms with Gasteiger partial charge in [0, 0.05) is 28.1 Å². The molecule has 0 spiro atoms. The Bertz CT molecular complexity index is 316. The molecule has 4 rings (SSSR count). The zero-order valence-electron chi connectivity index (χ0n) is 16.6. The van der Waals surface area contributed by atoms with Crippen molar-refractivity contribution in [1.29, 1.82) is 0 Å². The van der Waals surface area contributed by atoms with Crippen LogP contribution in [0.2, 0.25) is 0 Å². The van der Waals surface area contributed by atoms with E-state index in [0.29, 0.717) is 6.10 Å². The summed E-state index contributed by atoms with van der Waals surface area (Å²) < 4.78 is 5.41. The normalized spacial score (nSPS) is 40.0. The van der Waals surface area contributed by atoms with Gasteiger partial charge < -0.3 is 11.3 Å². The molecule has 4 saturated heterocycles. The predicted molar refractivity (Wildman–Crippen MR) is 114 cm³/mol. The molecule has 4 bridgehead atoms. The van der Waals surface area contributed by atoms with E-state index in [1.807, 2.05) is 12.0 Å². The number of hydrogen-bond acceptors (Lipinski definition) is 4. The Morgan fingerprint density at radius 1 is 0.833 bits per heavy atom. The van der Waals surface area contributed by atoms with E-state index in [0.717, 1.165) is 33.8 Å². The summed E-state index contributed by atoms with van der Waals surface area (Å²) in [4.78, 5) is 1.97. The quantitative estimate of drug-likeness (QED) is 0.343. The van der Waals surface area contributed by atoms with E-state index in [1.165, 1.54) is 51.4 Å². The van der Waals surface area contributed by atoms with Crippen molar-refractivity contribution in [3.05, 3.63) is 0 Å². The van der Waals surface area contributed by atoms with Gasteiger partial charge in [0.1, 0.15) is 0 Å². The predicted octanol–water partition coefficient (Wildman–Crippen LogP) is 2.41. The number of aliphatic hydroxyl groups is 1. The summed E-state index contributed by atoms with van der Waals surface area (Å²) in [7, 11) is 1.86. The molecular formula is C18H34INaO2S2. The summed E-state index contributed by atoms with van der Waals surface area (Å²) in [5, 5.41) is 12.8. The summed E-state index contributed by atoms with van der Waals surface area (Å²) in [6.45, 7) is 0. The first-order chi connectivity index (χ1) is 11.2. The molecule has 24 heavy (non-hydrogen) atoms. The van der Waals surface area contributed by atoms with Crippen LogP contribution in [0.5, 0.6) is 0 Å². The number of halogens is 1. The third-order valence-corrected chi connectivity index (χ3v) is 8.58. The van der Waals surface area contributed by atoms with Crippen LogP contribution in [0.25, 0.3) is 0 Å². The molecule has 1 N–H and O–H groups in total. The summed E-state index contributed by atoms with van der Waals surface area (Å²) in [6.07, 6.45) is 13.7. The van der Waals surface area contributed by atoms with E-state index in [-0.39, 0.29) is 37.1 Å². The second kappa shape index (κ2) is 13.5. The van der Waals surface area contributed by atoms with Gasteiger partial charge in [-0.3, -0.25) is 0 Å². The van der Waals surface area contributed by atoms with E-state index >= 15 is 0 Å². The first kappa shape index (κ1) is 24.4. The summed E-state index contributed by atoms with van der Waals surface area (Å²) in [5.74, 6) is 0. The number of alkyl halides is 1. The van der Waals surface area contributed by atoms with Gasteiger partial charge in [0.05, 0.1) is 12.2 Å². The van der Waals surface area contributed by atoms with Gasteiger partial charge in [-0.25, -0.2) is 0 Å². The van der Waals surface area contributed by atoms with Crippen LogP contribution in [0.1, 0.15) is 65.6 Å². The molecule has 0 amide bonds. The Morgan fingerprint density at radius 2 is 1.21 bits per heavy atom. The molecule has 6 heteroatoms. The van der Waals surface area contributed by atoms with Crippen molar-refractivity contribution in [2.24, 2.45) is 0 Å². The fourth-order valence-electron chi connectivity index (χ4n) is 4.23. The van der Waals surface area contributed by atoms with Crippen LogP contribution in [0.4, 0.5) is 0 Å². The van der Waals surface area contributed by atoms with Crippen molar-refractivity contribution in [3.8, 4) is 0 Å². The van der Waals surface area contributed by atoms with Crippen molar-refractivity contribution >= 4 is 46.1 Å². The van der Waals surface area contributed by atoms with Crippen molar-refractivity contribution in [2.75, 3.05) is 12.0 Å². The van der Waals surface area contributed by atoms with Gasteiger partial charge in [0.25, 0.3) is 0 Å². The molecular weight excluding hydrogens is 462 g/mol. The van der Waals surface area contributed by atoms with Gasteiger partial charge in [-0.15, -0.1) is 0 Å². The molecule has 4 heterocycles. The van der Waals surface area contributed by atoms with Crippen LogP contribution < -0.4 is 29.6 Å². The Labute approximate surface area is 194 Å². The second-order valence-electron chi connectivity index (χ2n) is 7.08. The number of ether oxygens (including phenoxy) is 1. The van der Waals surface area contributed by atoms with Crippen molar-refractivity contribution < 1.29 is 40.8 Å². The van der Waals surface area contributed by atoms with E-state index in [4.69, 9.17) is 4.74 Å². The third kappa shape index (κ3) is 8.15. The van der Waals surface area contributed by atoms with E-state index in [9.17, 15) is 5.11 Å². The maximum Gasteiger partial charge on any atom is 1.00 e. The summed E-state index contributed by atoms with van der Waals surface area (Å²) in [6, 6.07) is 0. The fraction of sp³-hybridized carbons (Fsp3) is 1.00. The number of aliphatic hydroxyl groups excluding tert-OH is 1. The van der Waals surface area contributed by atoms with Crippen LogP contribution in [0, 0.1) is 0 Å². The molecule has 2 nitrogen and oxygen atoms in total. The van der Waals surface area contributed by atoms with E-state index < -0.39 is 0 Å². The smallest absolute Gasteiger partial charge is 1.00 e. The van der Waals surface area contributed by atoms with Gasteiger partial charge in [-0.1, -0.05) is 35.4 Å². The van der Waals surface area contributed by atoms with Crippen LogP contribution in [0.3, 0.4) is 0 Å². The molecule has 0 aromatic heterocycles. The van der Waals surface area contributed by atoms with Gasteiger partial charge >= 0.3 is 29.6 Å². The molecule has 0 aromatic carbocycles. The molecule has 4 fully saturated rings. The van der Waals surface area contributed by atoms with Crippen LogP contribution >= 0.6 is 46.1 Å². The monoisotopic (exact) mass is 496 g/mol. The number of rotatable bonds is 1. The topological polar surface area (TPSA) is 29.5 Å². The fourth-order valence-corrected chi connectivity index (χ4v) is 7.85. The molecule has 138 valence electrons. The molecule has 0 aromatic rings. The average Bonchev–Trinajstić information content (AvgIpc) is 2.56. The Hall–Kier alpha value is 2.35. The number of fused-ring (bicyclic) bond motifs is 4. The standard InChI is InChI=1S/C9H16OS.C8H14OS.CH3I.Na.H/c1-10-7-5-8-3-2-4-9(6-7)11-8;9-6-4-7-2-1-3-8(5-6)10-7;1-2;;/h7-9H,2-6H2,1H3;6-9H,1-5H2;1H3;;/q;;;+1;-1. The molecule has 0 radical (unpaired) electrons. The first-order valence-corrected chi connectivity index (χ1v) is 13.2. The zero-order chi connectivity index (χ0) is 16.7. The number of methoxy groups -OCH3 is 1.